The molecule has 3 nitrogen and oxygen atoms in total. The van der Waals surface area contributed by atoms with Crippen LogP contribution in [0.2, 0.25) is 0 Å². The largest absolute Gasteiger partial charge is 0.467 e. The molecule has 0 fully saturated rings. The maximum Gasteiger partial charge on any atom is 0.188 e. The molecule has 0 radical (unpaired) electrons. The van der Waals surface area contributed by atoms with Gasteiger partial charge in [-0.15, -0.1) is 0 Å². The van der Waals surface area contributed by atoms with Crippen molar-refractivity contribution in [2.75, 3.05) is 21.0 Å². The van der Waals surface area contributed by atoms with Gasteiger partial charge in [-0.1, -0.05) is 59.7 Å². The van der Waals surface area contributed by atoms with Gasteiger partial charge in [0, 0.05) is 19.0 Å². The first-order valence-electron chi connectivity index (χ1n) is 8.63. The molecule has 0 amide bonds. The number of nitrogens with one attached hydrogen (secondary N) is 1. The first kappa shape index (κ1) is 19.9. The Morgan fingerprint density at radius 2 is 1.80 bits per heavy atom. The van der Waals surface area contributed by atoms with Crippen LogP contribution in [0.3, 0.4) is 0 Å². The summed E-state index contributed by atoms with van der Waals surface area (Å²) >= 11 is 0. The van der Waals surface area contributed by atoms with Gasteiger partial charge in [0.2, 0.25) is 0 Å². The van der Waals surface area contributed by atoms with Crippen LogP contribution < -0.4 is 20.7 Å². The molecule has 1 unspecified atom stereocenters. The molecule has 0 aliphatic carbocycles. The molecule has 0 saturated heterocycles. The highest BCUT2D eigenvalue weighted by Gasteiger charge is 2.19. The van der Waals surface area contributed by atoms with Crippen LogP contribution in [0.15, 0.2) is 36.4 Å². The van der Waals surface area contributed by atoms with Gasteiger partial charge in [-0.05, 0) is 47.4 Å². The van der Waals surface area contributed by atoms with Gasteiger partial charge in [-0.3, -0.25) is 0 Å². The third-order valence-electron chi connectivity index (χ3n) is 4.12. The van der Waals surface area contributed by atoms with E-state index >= 15 is 0 Å². The van der Waals surface area contributed by atoms with E-state index < -0.39 is 0 Å². The Bertz CT molecular complexity index is 708. The zero-order chi connectivity index (χ0) is 18.4. The summed E-state index contributed by atoms with van der Waals surface area (Å²) in [6.07, 6.45) is 0. The van der Waals surface area contributed by atoms with Gasteiger partial charge in [-0.25, -0.2) is 0 Å². The van der Waals surface area contributed by atoms with Crippen molar-refractivity contribution in [3.05, 3.63) is 53.1 Å². The second-order valence-corrected chi connectivity index (χ2v) is 8.61. The molecule has 136 valence electrons. The second kappa shape index (κ2) is 8.80. The summed E-state index contributed by atoms with van der Waals surface area (Å²) in [7, 11) is 4.19. The summed E-state index contributed by atoms with van der Waals surface area (Å²) in [6, 6.07) is 13.1. The van der Waals surface area contributed by atoms with Gasteiger partial charge in [0.15, 0.2) is 6.79 Å². The normalized spacial score (nSPS) is 12.1. The Labute approximate surface area is 153 Å². The Hall–Kier alpha value is -1.41. The first-order chi connectivity index (χ1) is 11.9. The minimum absolute atomic E-state index is 0.105. The van der Waals surface area contributed by atoms with Crippen molar-refractivity contribution in [2.45, 2.75) is 39.7 Å². The standard InChI is InChI=1S/C21H30NO2P/c1-15-11-17(21(2,3)4)12-19(20(15)24-14-23-6)25-18-10-8-7-9-16(18)13-22-5/h7-12,22,25H,13-14H2,1-6H3. The van der Waals surface area contributed by atoms with Crippen LogP contribution in [0.25, 0.3) is 0 Å². The van der Waals surface area contributed by atoms with E-state index in [1.54, 1.807) is 7.11 Å². The van der Waals surface area contributed by atoms with Gasteiger partial charge in [0.1, 0.15) is 5.75 Å². The van der Waals surface area contributed by atoms with Crippen molar-refractivity contribution < 1.29 is 9.47 Å². The van der Waals surface area contributed by atoms with E-state index in [2.05, 4.69) is 69.4 Å². The highest BCUT2D eigenvalue weighted by Crippen LogP contribution is 2.31. The molecule has 0 aliphatic heterocycles. The first-order valence-corrected chi connectivity index (χ1v) is 9.63. The molecule has 1 atom stereocenters. The third-order valence-corrected chi connectivity index (χ3v) is 5.51. The van der Waals surface area contributed by atoms with Crippen molar-refractivity contribution in [3.63, 3.8) is 0 Å². The molecule has 25 heavy (non-hydrogen) atoms. The lowest BCUT2D eigenvalue weighted by Gasteiger charge is -2.23. The Kier molecular flexibility index (Phi) is 7.01. The van der Waals surface area contributed by atoms with Crippen molar-refractivity contribution in [1.82, 2.24) is 5.32 Å². The van der Waals surface area contributed by atoms with Crippen LogP contribution in [-0.2, 0) is 16.7 Å². The Morgan fingerprint density at radius 1 is 1.08 bits per heavy atom. The molecule has 0 spiro atoms. The molecule has 1 N–H and O–H groups in total. The van der Waals surface area contributed by atoms with E-state index in [1.165, 1.54) is 21.7 Å². The van der Waals surface area contributed by atoms with Crippen LogP contribution in [0.1, 0.15) is 37.5 Å². The summed E-state index contributed by atoms with van der Waals surface area (Å²) in [5, 5.41) is 5.85. The molecule has 2 rings (SSSR count). The minimum Gasteiger partial charge on any atom is -0.467 e. The Morgan fingerprint density at radius 3 is 2.44 bits per heavy atom. The Balaban J connectivity index is 2.48. The fourth-order valence-electron chi connectivity index (χ4n) is 2.74. The lowest BCUT2D eigenvalue weighted by atomic mass is 9.86. The van der Waals surface area contributed by atoms with Gasteiger partial charge < -0.3 is 14.8 Å². The lowest BCUT2D eigenvalue weighted by molar-refractivity contribution is 0.0514. The topological polar surface area (TPSA) is 30.5 Å². The molecule has 2 aromatic carbocycles. The van der Waals surface area contributed by atoms with Crippen molar-refractivity contribution in [2.24, 2.45) is 0 Å². The molecule has 0 aliphatic rings. The monoisotopic (exact) mass is 359 g/mol. The average molecular weight is 359 g/mol. The minimum atomic E-state index is 0.105. The van der Waals surface area contributed by atoms with Crippen LogP contribution in [0.5, 0.6) is 5.75 Å². The van der Waals surface area contributed by atoms with Crippen LogP contribution in [-0.4, -0.2) is 21.0 Å². The fraction of sp³-hybridized carbons (Fsp3) is 0.429. The third kappa shape index (κ3) is 5.28. The summed E-state index contributed by atoms with van der Waals surface area (Å²) in [5.41, 5.74) is 3.94. The molecule has 2 aromatic rings. The predicted octanol–water partition coefficient (Wildman–Crippen LogP) is 3.62. The molecular weight excluding hydrogens is 329 g/mol. The summed E-state index contributed by atoms with van der Waals surface area (Å²) in [6.45, 7) is 10.0. The van der Waals surface area contributed by atoms with Crippen LogP contribution in [0, 0.1) is 6.92 Å². The van der Waals surface area contributed by atoms with E-state index in [9.17, 15) is 0 Å². The van der Waals surface area contributed by atoms with E-state index in [4.69, 9.17) is 9.47 Å². The number of hydrogen-bond donors (Lipinski definition) is 1. The van der Waals surface area contributed by atoms with Crippen molar-refractivity contribution >= 4 is 19.2 Å². The molecule has 4 heteroatoms. The highest BCUT2D eigenvalue weighted by atomic mass is 31.1. The maximum atomic E-state index is 5.93. The van der Waals surface area contributed by atoms with E-state index in [-0.39, 0.29) is 12.2 Å². The fourth-order valence-corrected chi connectivity index (χ4v) is 4.15. The van der Waals surface area contributed by atoms with E-state index in [0.29, 0.717) is 8.58 Å². The van der Waals surface area contributed by atoms with Crippen LogP contribution in [0.4, 0.5) is 0 Å². The number of methoxy groups -OCH3 is 1. The molecule has 0 aromatic heterocycles. The lowest BCUT2D eigenvalue weighted by Crippen LogP contribution is -2.20. The number of ether oxygens (including phenoxy) is 2. The molecule has 0 bridgehead atoms. The van der Waals surface area contributed by atoms with E-state index in [1.807, 2.05) is 7.05 Å². The summed E-state index contributed by atoms with van der Waals surface area (Å²) in [5.74, 6) is 0.951. The quantitative estimate of drug-likeness (QED) is 0.605. The van der Waals surface area contributed by atoms with Crippen molar-refractivity contribution in [1.29, 1.82) is 0 Å². The maximum absolute atomic E-state index is 5.93. The zero-order valence-corrected chi connectivity index (χ0v) is 17.2. The van der Waals surface area contributed by atoms with E-state index in [0.717, 1.165) is 17.9 Å². The number of rotatable bonds is 7. The number of hydrogen-bond acceptors (Lipinski definition) is 3. The van der Waals surface area contributed by atoms with Crippen LogP contribution >= 0.6 is 8.58 Å². The van der Waals surface area contributed by atoms with Gasteiger partial charge >= 0.3 is 0 Å². The SMILES string of the molecule is CNCc1ccccc1Pc1cc(C(C)(C)C)cc(C)c1OCOC. The molecule has 0 heterocycles. The number of benzene rings is 2. The summed E-state index contributed by atoms with van der Waals surface area (Å²) < 4.78 is 11.1. The van der Waals surface area contributed by atoms with Gasteiger partial charge in [0.25, 0.3) is 0 Å². The molecular formula is C21H30NO2P. The zero-order valence-electron chi connectivity index (χ0n) is 16.2. The smallest absolute Gasteiger partial charge is 0.188 e. The summed E-state index contributed by atoms with van der Waals surface area (Å²) in [4.78, 5) is 0. The number of aryl methyl sites for hydroxylation is 1. The van der Waals surface area contributed by atoms with Crippen molar-refractivity contribution in [3.8, 4) is 5.75 Å². The second-order valence-electron chi connectivity index (χ2n) is 7.28. The van der Waals surface area contributed by atoms with Gasteiger partial charge in [-0.2, -0.15) is 0 Å². The average Bonchev–Trinajstić information content (AvgIpc) is 2.55. The van der Waals surface area contributed by atoms with Gasteiger partial charge in [0.05, 0.1) is 0 Å². The predicted molar refractivity (Wildman–Crippen MR) is 109 cm³/mol. The molecule has 0 saturated carbocycles. The highest BCUT2D eigenvalue weighted by molar-refractivity contribution is 7.55.